The van der Waals surface area contributed by atoms with Crippen LogP contribution in [0, 0.1) is 6.92 Å². The largest absolute Gasteiger partial charge is 0.310 e. The molecule has 1 heterocycles. The van der Waals surface area contributed by atoms with Gasteiger partial charge in [-0.05, 0) is 141 Å². The van der Waals surface area contributed by atoms with Crippen LogP contribution in [-0.2, 0) is 5.41 Å². The molecule has 1 aliphatic carbocycles. The van der Waals surface area contributed by atoms with E-state index in [4.69, 9.17) is 0 Å². The van der Waals surface area contributed by atoms with Crippen LogP contribution in [0.4, 0.5) is 17.1 Å². The fourth-order valence-electron chi connectivity index (χ4n) is 9.64. The van der Waals surface area contributed by atoms with E-state index in [1.807, 2.05) is 0 Å². The van der Waals surface area contributed by atoms with Crippen molar-refractivity contribution in [3.05, 3.63) is 229 Å². The Bertz CT molecular complexity index is 3210. The number of rotatable bonds is 7. The number of para-hydroxylation sites is 1. The number of anilines is 3. The molecule has 0 N–H and O–H groups in total. The normalized spacial score (nSPS) is 12.7. The van der Waals surface area contributed by atoms with Gasteiger partial charge in [0.1, 0.15) is 0 Å². The zero-order chi connectivity index (χ0) is 40.4. The SMILES string of the molecule is Cc1ccccc1-c1ccc2c(c1)c1cc(-c3ccc(N(c4ccc(-c5ccccc5)cc4)c4ccc5c(c4)C(C)(C)c4ccccc4-5)cc3)ccc1n2-c1ccccc1. The number of aryl methyl sites for hydroxylation is 1. The fourth-order valence-corrected chi connectivity index (χ4v) is 9.64. The lowest BCUT2D eigenvalue weighted by atomic mass is 9.82. The molecular formula is C58H44N2. The van der Waals surface area contributed by atoms with Gasteiger partial charge in [0.25, 0.3) is 0 Å². The number of nitrogens with zero attached hydrogens (tertiary/aromatic N) is 2. The zero-order valence-electron chi connectivity index (χ0n) is 34.1. The molecule has 0 bridgehead atoms. The van der Waals surface area contributed by atoms with Crippen molar-refractivity contribution in [1.29, 1.82) is 0 Å². The Labute approximate surface area is 352 Å². The molecular weight excluding hydrogens is 725 g/mol. The molecule has 10 aromatic rings. The molecule has 286 valence electrons. The van der Waals surface area contributed by atoms with E-state index in [0.29, 0.717) is 0 Å². The average molecular weight is 769 g/mol. The van der Waals surface area contributed by atoms with Crippen molar-refractivity contribution in [3.8, 4) is 50.2 Å². The van der Waals surface area contributed by atoms with Gasteiger partial charge in [-0.3, -0.25) is 0 Å². The van der Waals surface area contributed by atoms with Gasteiger partial charge in [-0.15, -0.1) is 0 Å². The Morgan fingerprint density at radius 3 is 1.52 bits per heavy atom. The molecule has 2 nitrogen and oxygen atoms in total. The van der Waals surface area contributed by atoms with Crippen molar-refractivity contribution in [2.45, 2.75) is 26.2 Å². The van der Waals surface area contributed by atoms with E-state index in [1.54, 1.807) is 0 Å². The first-order chi connectivity index (χ1) is 29.4. The van der Waals surface area contributed by atoms with Crippen LogP contribution in [-0.4, -0.2) is 4.57 Å². The molecule has 0 radical (unpaired) electrons. The first-order valence-electron chi connectivity index (χ1n) is 20.9. The monoisotopic (exact) mass is 768 g/mol. The summed E-state index contributed by atoms with van der Waals surface area (Å²) in [5, 5.41) is 2.49. The van der Waals surface area contributed by atoms with Crippen LogP contribution >= 0.6 is 0 Å². The molecule has 0 atom stereocenters. The van der Waals surface area contributed by atoms with Gasteiger partial charge in [-0.25, -0.2) is 0 Å². The molecule has 0 amide bonds. The van der Waals surface area contributed by atoms with Crippen molar-refractivity contribution in [1.82, 2.24) is 4.57 Å². The smallest absolute Gasteiger partial charge is 0.0541 e. The van der Waals surface area contributed by atoms with Crippen LogP contribution in [0.1, 0.15) is 30.5 Å². The summed E-state index contributed by atoms with van der Waals surface area (Å²) in [6.07, 6.45) is 0. The van der Waals surface area contributed by atoms with Gasteiger partial charge in [0, 0.05) is 38.9 Å². The van der Waals surface area contributed by atoms with Crippen LogP contribution < -0.4 is 4.90 Å². The van der Waals surface area contributed by atoms with Crippen molar-refractivity contribution in [2.24, 2.45) is 0 Å². The van der Waals surface area contributed by atoms with Crippen molar-refractivity contribution in [2.75, 3.05) is 4.90 Å². The van der Waals surface area contributed by atoms with Gasteiger partial charge in [0.05, 0.1) is 11.0 Å². The molecule has 60 heavy (non-hydrogen) atoms. The van der Waals surface area contributed by atoms with Gasteiger partial charge in [0.2, 0.25) is 0 Å². The minimum atomic E-state index is -0.0996. The second kappa shape index (κ2) is 14.1. The molecule has 2 heteroatoms. The van der Waals surface area contributed by atoms with E-state index in [9.17, 15) is 0 Å². The fraction of sp³-hybridized carbons (Fsp3) is 0.0690. The maximum Gasteiger partial charge on any atom is 0.0541 e. The maximum absolute atomic E-state index is 2.41. The highest BCUT2D eigenvalue weighted by Gasteiger charge is 2.35. The number of hydrogen-bond donors (Lipinski definition) is 0. The first kappa shape index (κ1) is 35.7. The lowest BCUT2D eigenvalue weighted by Gasteiger charge is -2.28. The molecule has 0 unspecified atom stereocenters. The van der Waals surface area contributed by atoms with E-state index in [-0.39, 0.29) is 5.41 Å². The average Bonchev–Trinajstić information content (AvgIpc) is 3.75. The number of benzene rings is 9. The Hall–Kier alpha value is -7.42. The predicted octanol–water partition coefficient (Wildman–Crippen LogP) is 15.9. The van der Waals surface area contributed by atoms with Crippen LogP contribution in [0.15, 0.2) is 212 Å². The first-order valence-corrected chi connectivity index (χ1v) is 20.9. The third-order valence-electron chi connectivity index (χ3n) is 12.8. The molecule has 9 aromatic carbocycles. The molecule has 0 spiro atoms. The van der Waals surface area contributed by atoms with Crippen LogP contribution in [0.5, 0.6) is 0 Å². The van der Waals surface area contributed by atoms with E-state index in [2.05, 4.69) is 243 Å². The summed E-state index contributed by atoms with van der Waals surface area (Å²) in [5.41, 5.74) is 20.8. The molecule has 11 rings (SSSR count). The highest BCUT2D eigenvalue weighted by atomic mass is 15.1. The maximum atomic E-state index is 2.41. The summed E-state index contributed by atoms with van der Waals surface area (Å²) < 4.78 is 2.40. The van der Waals surface area contributed by atoms with E-state index < -0.39 is 0 Å². The van der Waals surface area contributed by atoms with Crippen molar-refractivity contribution >= 4 is 38.9 Å². The Kier molecular flexibility index (Phi) is 8.42. The van der Waals surface area contributed by atoms with Gasteiger partial charge in [-0.2, -0.15) is 0 Å². The lowest BCUT2D eigenvalue weighted by Crippen LogP contribution is -2.16. The number of fused-ring (bicyclic) bond motifs is 6. The Morgan fingerprint density at radius 1 is 0.367 bits per heavy atom. The van der Waals surface area contributed by atoms with Gasteiger partial charge in [-0.1, -0.05) is 153 Å². The van der Waals surface area contributed by atoms with Crippen LogP contribution in [0.2, 0.25) is 0 Å². The van der Waals surface area contributed by atoms with E-state index >= 15 is 0 Å². The van der Waals surface area contributed by atoms with Gasteiger partial charge in [0.15, 0.2) is 0 Å². The standard InChI is InChI=1S/C58H44N2/c1-39-14-10-11-19-49(39)44-27-35-57-53(37-44)52-36-43(26-34-56(52)60(57)45-17-8-5-9-18-45)42-24-30-47(31-25-42)59(46-28-22-41(23-29-46)40-15-6-4-7-16-40)48-32-33-51-50-20-12-13-21-54(50)58(2,3)55(51)38-48/h4-38H,1-3H3. The summed E-state index contributed by atoms with van der Waals surface area (Å²) in [6.45, 7) is 6.90. The quantitative estimate of drug-likeness (QED) is 0.157. The highest BCUT2D eigenvalue weighted by molar-refractivity contribution is 6.11. The minimum Gasteiger partial charge on any atom is -0.310 e. The van der Waals surface area contributed by atoms with Crippen molar-refractivity contribution < 1.29 is 0 Å². The van der Waals surface area contributed by atoms with Crippen LogP contribution in [0.25, 0.3) is 72.0 Å². The van der Waals surface area contributed by atoms with Gasteiger partial charge >= 0.3 is 0 Å². The van der Waals surface area contributed by atoms with Crippen molar-refractivity contribution in [3.63, 3.8) is 0 Å². The van der Waals surface area contributed by atoms with E-state index in [0.717, 1.165) is 22.7 Å². The molecule has 0 saturated carbocycles. The summed E-state index contributed by atoms with van der Waals surface area (Å²) in [4.78, 5) is 2.40. The van der Waals surface area contributed by atoms with Crippen LogP contribution in [0.3, 0.4) is 0 Å². The van der Waals surface area contributed by atoms with E-state index in [1.165, 1.54) is 83.0 Å². The molecule has 1 aromatic heterocycles. The third kappa shape index (κ3) is 5.87. The minimum absolute atomic E-state index is 0.0996. The summed E-state index contributed by atoms with van der Waals surface area (Å²) in [6, 6.07) is 77.9. The lowest BCUT2D eigenvalue weighted by molar-refractivity contribution is 0.660. The summed E-state index contributed by atoms with van der Waals surface area (Å²) in [7, 11) is 0. The predicted molar refractivity (Wildman–Crippen MR) is 254 cm³/mol. The second-order valence-corrected chi connectivity index (χ2v) is 16.6. The summed E-state index contributed by atoms with van der Waals surface area (Å²) in [5.74, 6) is 0. The Balaban J connectivity index is 1.02. The molecule has 0 saturated heterocycles. The summed E-state index contributed by atoms with van der Waals surface area (Å²) >= 11 is 0. The third-order valence-corrected chi connectivity index (χ3v) is 12.8. The number of aromatic nitrogens is 1. The van der Waals surface area contributed by atoms with Gasteiger partial charge < -0.3 is 9.47 Å². The molecule has 1 aliphatic rings. The zero-order valence-corrected chi connectivity index (χ0v) is 34.1. The molecule has 0 aliphatic heterocycles. The topological polar surface area (TPSA) is 8.17 Å². The molecule has 0 fully saturated rings. The second-order valence-electron chi connectivity index (χ2n) is 16.6. The highest BCUT2D eigenvalue weighted by Crippen LogP contribution is 2.51. The number of hydrogen-bond acceptors (Lipinski definition) is 1. The Morgan fingerprint density at radius 2 is 0.850 bits per heavy atom.